The number of benzene rings is 1. The first-order valence-corrected chi connectivity index (χ1v) is 11.8. The molecule has 5 rings (SSSR count). The normalized spacial score (nSPS) is 24.3. The molecule has 1 aliphatic heterocycles. The molecular weight excluding hydrogens is 428 g/mol. The molecule has 0 bridgehead atoms. The van der Waals surface area contributed by atoms with Crippen LogP contribution in [0.2, 0.25) is 0 Å². The molecule has 3 heterocycles. The van der Waals surface area contributed by atoms with Crippen molar-refractivity contribution in [3.63, 3.8) is 0 Å². The number of anilines is 2. The smallest absolute Gasteiger partial charge is 0.264 e. The number of likely N-dealkylation sites (N-methyl/N-ethyl adjacent to an activating group) is 1. The predicted molar refractivity (Wildman–Crippen MR) is 126 cm³/mol. The van der Waals surface area contributed by atoms with Gasteiger partial charge in [-0.3, -0.25) is 9.78 Å². The fourth-order valence-electron chi connectivity index (χ4n) is 4.52. The van der Waals surface area contributed by atoms with Gasteiger partial charge in [0.05, 0.1) is 16.3 Å². The van der Waals surface area contributed by atoms with Crippen molar-refractivity contribution in [1.82, 2.24) is 19.9 Å². The lowest BCUT2D eigenvalue weighted by Gasteiger charge is -2.33. The number of nitrogens with one attached hydrogen (secondary N) is 2. The molecule has 3 atom stereocenters. The third-order valence-corrected chi connectivity index (χ3v) is 7.50. The highest BCUT2D eigenvalue weighted by molar-refractivity contribution is 7.21. The number of thiazole rings is 1. The van der Waals surface area contributed by atoms with E-state index >= 15 is 0 Å². The largest absolute Gasteiger partial charge is 0.396 e. The Kier molecular flexibility index (Phi) is 5.85. The molecule has 2 aromatic heterocycles. The van der Waals surface area contributed by atoms with E-state index in [4.69, 9.17) is 4.98 Å². The van der Waals surface area contributed by atoms with E-state index in [9.17, 15) is 15.0 Å². The highest BCUT2D eigenvalue weighted by atomic mass is 32.1. The van der Waals surface area contributed by atoms with Gasteiger partial charge in [0, 0.05) is 44.7 Å². The van der Waals surface area contributed by atoms with Crippen molar-refractivity contribution in [2.75, 3.05) is 50.1 Å². The zero-order valence-electron chi connectivity index (χ0n) is 18.0. The van der Waals surface area contributed by atoms with Gasteiger partial charge in [-0.2, -0.15) is 4.98 Å². The third-order valence-electron chi connectivity index (χ3n) is 6.45. The maximum Gasteiger partial charge on any atom is 0.264 e. The average Bonchev–Trinajstić information content (AvgIpc) is 3.36. The lowest BCUT2D eigenvalue weighted by atomic mass is 10.1. The zero-order valence-corrected chi connectivity index (χ0v) is 18.8. The van der Waals surface area contributed by atoms with E-state index in [-0.39, 0.29) is 24.1 Å². The van der Waals surface area contributed by atoms with E-state index in [0.717, 1.165) is 36.4 Å². The molecule has 10 heteroatoms. The van der Waals surface area contributed by atoms with Crippen LogP contribution in [-0.2, 0) is 0 Å². The fourth-order valence-corrected chi connectivity index (χ4v) is 5.53. The lowest BCUT2D eigenvalue weighted by Crippen LogP contribution is -2.45. The van der Waals surface area contributed by atoms with Crippen LogP contribution in [0.25, 0.3) is 20.8 Å². The summed E-state index contributed by atoms with van der Waals surface area (Å²) in [5, 5.41) is 23.8. The summed E-state index contributed by atoms with van der Waals surface area (Å²) >= 11 is 1.46. The monoisotopic (exact) mass is 456 g/mol. The van der Waals surface area contributed by atoms with Gasteiger partial charge in [0.2, 0.25) is 5.95 Å². The molecule has 3 aromatic rings. The second-order valence-electron chi connectivity index (χ2n) is 8.71. The molecule has 2 fully saturated rings. The number of aliphatic hydroxyl groups excluding tert-OH is 2. The number of fused-ring (bicyclic) bond motifs is 1. The van der Waals surface area contributed by atoms with E-state index in [1.54, 1.807) is 0 Å². The van der Waals surface area contributed by atoms with Gasteiger partial charge >= 0.3 is 0 Å². The first-order chi connectivity index (χ1) is 15.5. The molecule has 1 aliphatic carbocycles. The number of hydrogen-bond donors (Lipinski definition) is 4. The van der Waals surface area contributed by atoms with Crippen LogP contribution in [0.1, 0.15) is 12.8 Å². The Labute approximate surface area is 189 Å². The standard InChI is InChI=1S/C22H28N6O3S/c1-27-6-8-28(9-7-27)22-25-19(23-14-10-13(12-29)16(30)11-14)18(20(31)26-22)21-24-15-4-2-3-5-17(15)32-21/h2-5,13-14,16,29-30H,6-12H2,1H3,(H2,23,25,26,31). The zero-order chi connectivity index (χ0) is 22.2. The summed E-state index contributed by atoms with van der Waals surface area (Å²) in [6.07, 6.45) is 0.556. The molecule has 0 spiro atoms. The van der Waals surface area contributed by atoms with Crippen molar-refractivity contribution in [3.05, 3.63) is 34.6 Å². The number of piperazine rings is 1. The van der Waals surface area contributed by atoms with Crippen LogP contribution in [0.5, 0.6) is 0 Å². The SMILES string of the molecule is CN1CCN(c2nc(NC3CC(O)C(CO)C3)c(-c3nc4ccccc4s3)c(=O)[nH]2)CC1. The maximum atomic E-state index is 13.3. The minimum absolute atomic E-state index is 0.0561. The van der Waals surface area contributed by atoms with Gasteiger partial charge in [-0.05, 0) is 32.0 Å². The first-order valence-electron chi connectivity index (χ1n) is 11.0. The summed E-state index contributed by atoms with van der Waals surface area (Å²) < 4.78 is 1.01. The topological polar surface area (TPSA) is 118 Å². The van der Waals surface area contributed by atoms with Crippen molar-refractivity contribution in [1.29, 1.82) is 0 Å². The second kappa shape index (κ2) is 8.78. The third kappa shape index (κ3) is 4.11. The molecule has 9 nitrogen and oxygen atoms in total. The van der Waals surface area contributed by atoms with Crippen LogP contribution >= 0.6 is 11.3 Å². The van der Waals surface area contributed by atoms with Gasteiger partial charge in [0.25, 0.3) is 5.56 Å². The molecule has 4 N–H and O–H groups in total. The van der Waals surface area contributed by atoms with E-state index in [1.165, 1.54) is 11.3 Å². The van der Waals surface area contributed by atoms with Crippen molar-refractivity contribution in [2.24, 2.45) is 5.92 Å². The van der Waals surface area contributed by atoms with Crippen LogP contribution in [0.15, 0.2) is 29.1 Å². The Bertz CT molecular complexity index is 1120. The van der Waals surface area contributed by atoms with E-state index in [2.05, 4.69) is 32.1 Å². The van der Waals surface area contributed by atoms with Crippen LogP contribution in [0, 0.1) is 5.92 Å². The molecule has 0 radical (unpaired) electrons. The summed E-state index contributed by atoms with van der Waals surface area (Å²) in [6, 6.07) is 7.73. The summed E-state index contributed by atoms with van der Waals surface area (Å²) in [6.45, 7) is 3.32. The quantitative estimate of drug-likeness (QED) is 0.454. The highest BCUT2D eigenvalue weighted by Gasteiger charge is 2.33. The van der Waals surface area contributed by atoms with Crippen LogP contribution in [-0.4, -0.2) is 82.0 Å². The van der Waals surface area contributed by atoms with Crippen molar-refractivity contribution in [3.8, 4) is 10.6 Å². The van der Waals surface area contributed by atoms with Crippen LogP contribution in [0.3, 0.4) is 0 Å². The van der Waals surface area contributed by atoms with Gasteiger partial charge in [0.1, 0.15) is 16.4 Å². The number of rotatable bonds is 5. The van der Waals surface area contributed by atoms with Gasteiger partial charge in [-0.1, -0.05) is 12.1 Å². The Hall–Kier alpha value is -2.53. The number of aliphatic hydroxyl groups is 2. The second-order valence-corrected chi connectivity index (χ2v) is 9.74. The Morgan fingerprint density at radius 3 is 2.69 bits per heavy atom. The Morgan fingerprint density at radius 1 is 1.19 bits per heavy atom. The fraction of sp³-hybridized carbons (Fsp3) is 0.500. The molecule has 170 valence electrons. The van der Waals surface area contributed by atoms with Gasteiger partial charge in [-0.15, -0.1) is 11.3 Å². The summed E-state index contributed by atoms with van der Waals surface area (Å²) in [4.78, 5) is 30.1. The molecule has 1 aromatic carbocycles. The van der Waals surface area contributed by atoms with E-state index in [1.807, 2.05) is 24.3 Å². The van der Waals surface area contributed by atoms with Crippen molar-refractivity contribution in [2.45, 2.75) is 25.0 Å². The van der Waals surface area contributed by atoms with Gasteiger partial charge in [-0.25, -0.2) is 4.98 Å². The Balaban J connectivity index is 1.54. The number of nitrogens with zero attached hydrogens (tertiary/aromatic N) is 4. The van der Waals surface area contributed by atoms with Crippen LogP contribution < -0.4 is 15.8 Å². The molecule has 3 unspecified atom stereocenters. The average molecular weight is 457 g/mol. The summed E-state index contributed by atoms with van der Waals surface area (Å²) in [5.74, 6) is 0.864. The predicted octanol–water partition coefficient (Wildman–Crippen LogP) is 1.34. The molecule has 2 aliphatic rings. The number of H-pyrrole nitrogens is 1. The molecule has 1 saturated heterocycles. The number of aromatic amines is 1. The minimum atomic E-state index is -0.567. The van der Waals surface area contributed by atoms with Crippen LogP contribution in [0.4, 0.5) is 11.8 Å². The molecule has 32 heavy (non-hydrogen) atoms. The lowest BCUT2D eigenvalue weighted by molar-refractivity contribution is 0.0908. The highest BCUT2D eigenvalue weighted by Crippen LogP contribution is 2.34. The first kappa shape index (κ1) is 21.3. The van der Waals surface area contributed by atoms with Crippen molar-refractivity contribution < 1.29 is 10.2 Å². The van der Waals surface area contributed by atoms with Gasteiger partial charge in [0.15, 0.2) is 0 Å². The maximum absolute atomic E-state index is 13.3. The molecule has 1 saturated carbocycles. The summed E-state index contributed by atoms with van der Waals surface area (Å²) in [5.41, 5.74) is 1.04. The van der Waals surface area contributed by atoms with E-state index < -0.39 is 6.10 Å². The van der Waals surface area contributed by atoms with Gasteiger partial charge < -0.3 is 25.3 Å². The number of hydrogen-bond acceptors (Lipinski definition) is 9. The minimum Gasteiger partial charge on any atom is -0.396 e. The number of para-hydroxylation sites is 1. The van der Waals surface area contributed by atoms with Crippen molar-refractivity contribution >= 4 is 33.3 Å². The summed E-state index contributed by atoms with van der Waals surface area (Å²) in [7, 11) is 2.08. The molecular formula is C22H28N6O3S. The van der Waals surface area contributed by atoms with E-state index in [0.29, 0.717) is 35.2 Å². The number of aromatic nitrogens is 3. The molecule has 0 amide bonds. The Morgan fingerprint density at radius 2 is 1.97 bits per heavy atom.